The fraction of sp³-hybridized carbons (Fsp3) is 0.100. The van der Waals surface area contributed by atoms with Crippen molar-refractivity contribution in [3.05, 3.63) is 90.0 Å². The topological polar surface area (TPSA) is 20.2 Å². The maximum atomic E-state index is 10.1. The van der Waals surface area contributed by atoms with Crippen LogP contribution in [0.3, 0.4) is 0 Å². The molecule has 0 bridgehead atoms. The van der Waals surface area contributed by atoms with Crippen molar-refractivity contribution in [2.75, 3.05) is 0 Å². The van der Waals surface area contributed by atoms with Gasteiger partial charge in [0.05, 0.1) is 6.10 Å². The minimum absolute atomic E-state index is 0.466. The summed E-state index contributed by atoms with van der Waals surface area (Å²) >= 11 is 0. The van der Waals surface area contributed by atoms with Gasteiger partial charge in [-0.3, -0.25) is 0 Å². The van der Waals surface area contributed by atoms with Gasteiger partial charge >= 0.3 is 0 Å². The predicted molar refractivity (Wildman–Crippen MR) is 89.1 cm³/mol. The Hall–Kier alpha value is -2.38. The van der Waals surface area contributed by atoms with Gasteiger partial charge in [-0.25, -0.2) is 0 Å². The number of aliphatic hydroxyl groups is 1. The van der Waals surface area contributed by atoms with Crippen molar-refractivity contribution in [2.45, 2.75) is 12.5 Å². The summed E-state index contributed by atoms with van der Waals surface area (Å²) in [5.41, 5.74) is 2.26. The third-order valence-electron chi connectivity index (χ3n) is 3.57. The van der Waals surface area contributed by atoms with Crippen LogP contribution in [0.5, 0.6) is 0 Å². The van der Waals surface area contributed by atoms with Gasteiger partial charge in [-0.15, -0.1) is 0 Å². The molecule has 1 atom stereocenters. The molecule has 21 heavy (non-hydrogen) atoms. The summed E-state index contributed by atoms with van der Waals surface area (Å²) in [4.78, 5) is 0. The van der Waals surface area contributed by atoms with E-state index in [0.717, 1.165) is 11.1 Å². The van der Waals surface area contributed by atoms with E-state index < -0.39 is 6.10 Å². The van der Waals surface area contributed by atoms with Crippen molar-refractivity contribution in [3.63, 3.8) is 0 Å². The number of hydrogen-bond donors (Lipinski definition) is 1. The third-order valence-corrected chi connectivity index (χ3v) is 3.57. The number of fused-ring (bicyclic) bond motifs is 1. The fourth-order valence-corrected chi connectivity index (χ4v) is 2.46. The highest BCUT2D eigenvalue weighted by Crippen LogP contribution is 2.17. The first-order chi connectivity index (χ1) is 10.3. The second kappa shape index (κ2) is 6.38. The average Bonchev–Trinajstić information content (AvgIpc) is 2.54. The molecule has 0 aromatic heterocycles. The number of hydrogen-bond acceptors (Lipinski definition) is 1. The van der Waals surface area contributed by atoms with Crippen LogP contribution in [0.1, 0.15) is 11.1 Å². The van der Waals surface area contributed by atoms with Crippen LogP contribution in [0.25, 0.3) is 16.8 Å². The molecule has 3 aromatic carbocycles. The van der Waals surface area contributed by atoms with E-state index in [4.69, 9.17) is 0 Å². The molecule has 1 heteroatoms. The van der Waals surface area contributed by atoms with E-state index in [1.165, 1.54) is 10.8 Å². The zero-order chi connectivity index (χ0) is 14.5. The molecule has 0 aliphatic carbocycles. The Kier molecular flexibility index (Phi) is 4.13. The van der Waals surface area contributed by atoms with Crippen LogP contribution in [0.15, 0.2) is 78.9 Å². The van der Waals surface area contributed by atoms with Gasteiger partial charge in [0, 0.05) is 6.42 Å². The molecule has 3 rings (SSSR count). The van der Waals surface area contributed by atoms with Crippen LogP contribution in [0.2, 0.25) is 0 Å². The van der Waals surface area contributed by atoms with Crippen molar-refractivity contribution < 1.29 is 5.11 Å². The highest BCUT2D eigenvalue weighted by atomic mass is 16.3. The Labute approximate surface area is 125 Å². The monoisotopic (exact) mass is 274 g/mol. The van der Waals surface area contributed by atoms with E-state index in [9.17, 15) is 5.11 Å². The van der Waals surface area contributed by atoms with Crippen LogP contribution in [0.4, 0.5) is 0 Å². The number of aliphatic hydroxyl groups excluding tert-OH is 1. The zero-order valence-electron chi connectivity index (χ0n) is 11.8. The SMILES string of the molecule is OC(/C=C/c1ccccc1)Cc1ccc2ccccc2c1. The van der Waals surface area contributed by atoms with Gasteiger partial charge in [0.25, 0.3) is 0 Å². The second-order valence-corrected chi connectivity index (χ2v) is 5.22. The molecule has 0 saturated heterocycles. The van der Waals surface area contributed by atoms with E-state index in [2.05, 4.69) is 30.3 Å². The van der Waals surface area contributed by atoms with Gasteiger partial charge in [-0.05, 0) is 21.9 Å². The lowest BCUT2D eigenvalue weighted by molar-refractivity contribution is 0.225. The second-order valence-electron chi connectivity index (χ2n) is 5.22. The van der Waals surface area contributed by atoms with Gasteiger partial charge in [0.2, 0.25) is 0 Å². The first kappa shape index (κ1) is 13.6. The van der Waals surface area contributed by atoms with Gasteiger partial charge in [-0.2, -0.15) is 0 Å². The van der Waals surface area contributed by atoms with Gasteiger partial charge < -0.3 is 5.11 Å². The minimum atomic E-state index is -0.466. The summed E-state index contributed by atoms with van der Waals surface area (Å²) in [7, 11) is 0. The molecule has 0 aliphatic heterocycles. The molecule has 1 unspecified atom stereocenters. The Morgan fingerprint density at radius 2 is 1.52 bits per heavy atom. The number of rotatable bonds is 4. The van der Waals surface area contributed by atoms with Crippen molar-refractivity contribution in [3.8, 4) is 0 Å². The first-order valence-corrected chi connectivity index (χ1v) is 7.20. The zero-order valence-corrected chi connectivity index (χ0v) is 11.8. The Morgan fingerprint density at radius 3 is 2.33 bits per heavy atom. The summed E-state index contributed by atoms with van der Waals surface area (Å²) in [6.07, 6.45) is 3.98. The predicted octanol–water partition coefficient (Wildman–Crippen LogP) is 4.46. The third kappa shape index (κ3) is 3.59. The lowest BCUT2D eigenvalue weighted by Gasteiger charge is -2.07. The van der Waals surface area contributed by atoms with Gasteiger partial charge in [-0.1, -0.05) is 84.9 Å². The maximum Gasteiger partial charge on any atom is 0.0764 e. The average molecular weight is 274 g/mol. The van der Waals surface area contributed by atoms with Crippen LogP contribution in [-0.4, -0.2) is 11.2 Å². The lowest BCUT2D eigenvalue weighted by Crippen LogP contribution is -2.06. The molecular formula is C20H18O. The molecule has 0 amide bonds. The summed E-state index contributed by atoms with van der Waals surface area (Å²) in [5, 5.41) is 12.6. The standard InChI is InChI=1S/C20H18O/c21-20(13-11-16-6-2-1-3-7-16)15-17-10-12-18-8-4-5-9-19(18)14-17/h1-14,20-21H,15H2/b13-11+. The van der Waals surface area contributed by atoms with Crippen LogP contribution >= 0.6 is 0 Å². The highest BCUT2D eigenvalue weighted by molar-refractivity contribution is 5.83. The Morgan fingerprint density at radius 1 is 0.810 bits per heavy atom. The Bertz CT molecular complexity index is 744. The lowest BCUT2D eigenvalue weighted by atomic mass is 10.0. The molecule has 1 N–H and O–H groups in total. The molecule has 3 aromatic rings. The largest absolute Gasteiger partial charge is 0.389 e. The fourth-order valence-electron chi connectivity index (χ4n) is 2.46. The molecule has 0 aliphatic rings. The van der Waals surface area contributed by atoms with Gasteiger partial charge in [0.15, 0.2) is 0 Å². The molecule has 0 heterocycles. The summed E-state index contributed by atoms with van der Waals surface area (Å²) in [6, 6.07) is 24.7. The van der Waals surface area contributed by atoms with E-state index in [-0.39, 0.29) is 0 Å². The number of benzene rings is 3. The quantitative estimate of drug-likeness (QED) is 0.745. The van der Waals surface area contributed by atoms with E-state index in [1.807, 2.05) is 54.6 Å². The molecule has 1 nitrogen and oxygen atoms in total. The first-order valence-electron chi connectivity index (χ1n) is 7.20. The van der Waals surface area contributed by atoms with Crippen molar-refractivity contribution >= 4 is 16.8 Å². The van der Waals surface area contributed by atoms with Gasteiger partial charge in [0.1, 0.15) is 0 Å². The van der Waals surface area contributed by atoms with Crippen molar-refractivity contribution in [2.24, 2.45) is 0 Å². The smallest absolute Gasteiger partial charge is 0.0764 e. The van der Waals surface area contributed by atoms with Crippen LogP contribution in [-0.2, 0) is 6.42 Å². The molecule has 0 spiro atoms. The highest BCUT2D eigenvalue weighted by Gasteiger charge is 2.02. The maximum absolute atomic E-state index is 10.1. The molecule has 0 saturated carbocycles. The normalized spacial score (nSPS) is 12.8. The Balaban J connectivity index is 1.71. The minimum Gasteiger partial charge on any atom is -0.389 e. The summed E-state index contributed by atoms with van der Waals surface area (Å²) in [6.45, 7) is 0. The van der Waals surface area contributed by atoms with Crippen molar-refractivity contribution in [1.82, 2.24) is 0 Å². The summed E-state index contributed by atoms with van der Waals surface area (Å²) < 4.78 is 0. The molecule has 0 fully saturated rings. The van der Waals surface area contributed by atoms with E-state index in [1.54, 1.807) is 0 Å². The molecule has 0 radical (unpaired) electrons. The molecule has 104 valence electrons. The molecular weight excluding hydrogens is 256 g/mol. The van der Waals surface area contributed by atoms with E-state index in [0.29, 0.717) is 6.42 Å². The van der Waals surface area contributed by atoms with Crippen LogP contribution < -0.4 is 0 Å². The van der Waals surface area contributed by atoms with E-state index >= 15 is 0 Å². The summed E-state index contributed by atoms with van der Waals surface area (Å²) in [5.74, 6) is 0. The van der Waals surface area contributed by atoms with Crippen molar-refractivity contribution in [1.29, 1.82) is 0 Å². The van der Waals surface area contributed by atoms with Crippen LogP contribution in [0, 0.1) is 0 Å².